The first-order valence-corrected chi connectivity index (χ1v) is 12.9. The molecule has 1 fully saturated rings. The number of amides is 1. The molecule has 3 aromatic rings. The number of para-hydroxylation sites is 2. The van der Waals surface area contributed by atoms with Gasteiger partial charge in [-0.05, 0) is 63.4 Å². The number of nitrogens with one attached hydrogen (secondary N) is 1. The lowest BCUT2D eigenvalue weighted by Gasteiger charge is -2.33. The van der Waals surface area contributed by atoms with Crippen molar-refractivity contribution in [3.63, 3.8) is 0 Å². The molecule has 9 heteroatoms. The number of aromatic amines is 1. The molecule has 0 unspecified atom stereocenters. The van der Waals surface area contributed by atoms with E-state index in [1.165, 1.54) is 25.4 Å². The molecule has 0 radical (unpaired) electrons. The molecule has 1 aliphatic rings. The summed E-state index contributed by atoms with van der Waals surface area (Å²) in [5.74, 6) is 0.115. The molecule has 34 heavy (non-hydrogen) atoms. The number of ether oxygens (including phenoxy) is 1. The summed E-state index contributed by atoms with van der Waals surface area (Å²) < 4.78 is 33.6. The predicted octanol–water partition coefficient (Wildman–Crippen LogP) is 3.77. The lowest BCUT2D eigenvalue weighted by Crippen LogP contribution is -2.43. The number of sulfonamides is 1. The molecule has 1 N–H and O–H groups in total. The number of pyridine rings is 1. The maximum absolute atomic E-state index is 13.4. The summed E-state index contributed by atoms with van der Waals surface area (Å²) in [5, 5.41) is 0.156. The van der Waals surface area contributed by atoms with Gasteiger partial charge in [-0.3, -0.25) is 13.9 Å². The molecule has 0 saturated carbocycles. The van der Waals surface area contributed by atoms with Gasteiger partial charge in [-0.2, -0.15) is 0 Å². The Morgan fingerprint density at radius 2 is 1.97 bits per heavy atom. The highest BCUT2D eigenvalue weighted by Gasteiger charge is 2.28. The van der Waals surface area contributed by atoms with Crippen molar-refractivity contribution in [3.8, 4) is 5.75 Å². The van der Waals surface area contributed by atoms with Gasteiger partial charge in [0.05, 0.1) is 17.2 Å². The van der Waals surface area contributed by atoms with E-state index in [1.807, 2.05) is 13.8 Å². The zero-order valence-corrected chi connectivity index (χ0v) is 20.4. The lowest BCUT2D eigenvalue weighted by molar-refractivity contribution is 0.0634. The highest BCUT2D eigenvalue weighted by molar-refractivity contribution is 7.92. The number of benzene rings is 2. The van der Waals surface area contributed by atoms with E-state index in [2.05, 4.69) is 4.98 Å². The van der Waals surface area contributed by atoms with Crippen LogP contribution in [0.1, 0.15) is 43.5 Å². The second-order valence-electron chi connectivity index (χ2n) is 8.46. The molecule has 1 aliphatic heterocycles. The number of carbonyl (C=O) groups excluding carboxylic acids is 1. The Labute approximate surface area is 199 Å². The van der Waals surface area contributed by atoms with E-state index in [9.17, 15) is 18.0 Å². The minimum Gasteiger partial charge on any atom is -0.492 e. The summed E-state index contributed by atoms with van der Waals surface area (Å²) >= 11 is 0. The van der Waals surface area contributed by atoms with E-state index in [0.717, 1.165) is 23.6 Å². The van der Waals surface area contributed by atoms with Crippen LogP contribution in [-0.4, -0.2) is 50.5 Å². The Morgan fingerprint density at radius 3 is 2.71 bits per heavy atom. The molecule has 0 bridgehead atoms. The molecular formula is C25H29N3O5S. The number of carbonyl (C=O) groups is 1. The first-order chi connectivity index (χ1) is 16.3. The van der Waals surface area contributed by atoms with Crippen LogP contribution in [-0.2, 0) is 10.0 Å². The number of H-pyrrole nitrogens is 1. The SMILES string of the molecule is CCOc1ccccc1N(C)S(=O)(=O)c1ccc2[nH]cc(C(=O)N3CCCC[C@@H]3C)c(=O)c2c1. The maximum atomic E-state index is 13.4. The fourth-order valence-corrected chi connectivity index (χ4v) is 5.59. The fraction of sp³-hybridized carbons (Fsp3) is 0.360. The van der Waals surface area contributed by atoms with Gasteiger partial charge in [-0.15, -0.1) is 0 Å². The number of hydrogen-bond donors (Lipinski definition) is 1. The molecule has 1 saturated heterocycles. The second-order valence-corrected chi connectivity index (χ2v) is 10.4. The zero-order valence-electron chi connectivity index (χ0n) is 19.6. The molecule has 8 nitrogen and oxygen atoms in total. The molecule has 180 valence electrons. The molecule has 1 aromatic heterocycles. The van der Waals surface area contributed by atoms with Crippen LogP contribution in [0.4, 0.5) is 5.69 Å². The normalized spacial score (nSPS) is 16.4. The average molecular weight is 484 g/mol. The summed E-state index contributed by atoms with van der Waals surface area (Å²) in [6, 6.07) is 11.2. The summed E-state index contributed by atoms with van der Waals surface area (Å²) in [5.41, 5.74) is 0.391. The molecule has 1 atom stereocenters. The van der Waals surface area contributed by atoms with Crippen molar-refractivity contribution in [2.45, 2.75) is 44.0 Å². The largest absolute Gasteiger partial charge is 0.492 e. The van der Waals surface area contributed by atoms with Gasteiger partial charge in [0.25, 0.3) is 15.9 Å². The highest BCUT2D eigenvalue weighted by Crippen LogP contribution is 2.31. The van der Waals surface area contributed by atoms with Gasteiger partial charge in [0.1, 0.15) is 11.3 Å². The molecule has 4 rings (SSSR count). The van der Waals surface area contributed by atoms with Gasteiger partial charge >= 0.3 is 0 Å². The van der Waals surface area contributed by atoms with E-state index < -0.39 is 15.5 Å². The molecule has 1 amide bonds. The summed E-state index contributed by atoms with van der Waals surface area (Å²) in [6.07, 6.45) is 4.28. The van der Waals surface area contributed by atoms with E-state index in [-0.39, 0.29) is 27.8 Å². The molecular weight excluding hydrogens is 454 g/mol. The minimum atomic E-state index is -4.00. The molecule has 2 heterocycles. The van der Waals surface area contributed by atoms with Crippen LogP contribution in [0.3, 0.4) is 0 Å². The summed E-state index contributed by atoms with van der Waals surface area (Å²) in [6.45, 7) is 4.80. The number of likely N-dealkylation sites (tertiary alicyclic amines) is 1. The number of nitrogens with zero attached hydrogens (tertiary/aromatic N) is 2. The number of rotatable bonds is 6. The van der Waals surface area contributed by atoms with Crippen LogP contribution in [0, 0.1) is 0 Å². The Bertz CT molecular complexity index is 1380. The third-order valence-corrected chi connectivity index (χ3v) is 8.08. The summed E-state index contributed by atoms with van der Waals surface area (Å²) in [7, 11) is -2.55. The van der Waals surface area contributed by atoms with Crippen LogP contribution in [0.5, 0.6) is 5.75 Å². The monoisotopic (exact) mass is 483 g/mol. The second kappa shape index (κ2) is 9.50. The van der Waals surface area contributed by atoms with Crippen molar-refractivity contribution >= 4 is 32.5 Å². The van der Waals surface area contributed by atoms with Gasteiger partial charge in [-0.25, -0.2) is 8.42 Å². The fourth-order valence-electron chi connectivity index (χ4n) is 4.35. The predicted molar refractivity (Wildman–Crippen MR) is 132 cm³/mol. The number of piperidine rings is 1. The van der Waals surface area contributed by atoms with Crippen molar-refractivity contribution in [1.29, 1.82) is 0 Å². The van der Waals surface area contributed by atoms with Crippen LogP contribution in [0.2, 0.25) is 0 Å². The van der Waals surface area contributed by atoms with Gasteiger partial charge in [-0.1, -0.05) is 12.1 Å². The molecule has 2 aromatic carbocycles. The van der Waals surface area contributed by atoms with Crippen LogP contribution < -0.4 is 14.5 Å². The molecule has 0 aliphatic carbocycles. The number of anilines is 1. The first-order valence-electron chi connectivity index (χ1n) is 11.4. The van der Waals surface area contributed by atoms with Crippen LogP contribution in [0.25, 0.3) is 10.9 Å². The average Bonchev–Trinajstić information content (AvgIpc) is 2.84. The highest BCUT2D eigenvalue weighted by atomic mass is 32.2. The van der Waals surface area contributed by atoms with E-state index in [0.29, 0.717) is 30.1 Å². The Morgan fingerprint density at radius 1 is 1.21 bits per heavy atom. The zero-order chi connectivity index (χ0) is 24.5. The first kappa shape index (κ1) is 23.8. The number of fused-ring (bicyclic) bond motifs is 1. The van der Waals surface area contributed by atoms with E-state index >= 15 is 0 Å². The van der Waals surface area contributed by atoms with Crippen molar-refractivity contribution in [3.05, 3.63) is 64.4 Å². The van der Waals surface area contributed by atoms with Crippen molar-refractivity contribution < 1.29 is 17.9 Å². The van der Waals surface area contributed by atoms with Crippen LogP contribution >= 0.6 is 0 Å². The topological polar surface area (TPSA) is 99.8 Å². The van der Waals surface area contributed by atoms with E-state index in [4.69, 9.17) is 4.74 Å². The molecule has 0 spiro atoms. The van der Waals surface area contributed by atoms with Gasteiger partial charge < -0.3 is 14.6 Å². The number of aromatic nitrogens is 1. The third-order valence-electron chi connectivity index (χ3n) is 6.31. The van der Waals surface area contributed by atoms with Crippen molar-refractivity contribution in [1.82, 2.24) is 9.88 Å². The smallest absolute Gasteiger partial charge is 0.264 e. The van der Waals surface area contributed by atoms with Gasteiger partial charge in [0.2, 0.25) is 5.43 Å². The van der Waals surface area contributed by atoms with Gasteiger partial charge in [0, 0.05) is 36.7 Å². The maximum Gasteiger partial charge on any atom is 0.264 e. The standard InChI is InChI=1S/C25H29N3O5S/c1-4-33-23-11-6-5-10-22(23)27(3)34(31,32)18-12-13-21-19(15-18)24(29)20(16-26-21)25(30)28-14-8-7-9-17(28)2/h5-6,10-13,15-17H,4,7-9,14H2,1-3H3,(H,26,29)/t17-/m0/s1. The Hall–Kier alpha value is -3.33. The number of hydrogen-bond acceptors (Lipinski definition) is 5. The lowest BCUT2D eigenvalue weighted by atomic mass is 10.0. The van der Waals surface area contributed by atoms with Crippen LogP contribution in [0.15, 0.2) is 58.4 Å². The van der Waals surface area contributed by atoms with E-state index in [1.54, 1.807) is 35.2 Å². The third kappa shape index (κ3) is 4.27. The quantitative estimate of drug-likeness (QED) is 0.575. The van der Waals surface area contributed by atoms with Crippen molar-refractivity contribution in [2.75, 3.05) is 24.5 Å². The van der Waals surface area contributed by atoms with Gasteiger partial charge in [0.15, 0.2) is 0 Å². The Balaban J connectivity index is 1.75. The minimum absolute atomic E-state index is 0.0193. The van der Waals surface area contributed by atoms with Crippen molar-refractivity contribution in [2.24, 2.45) is 0 Å². The summed E-state index contributed by atoms with van der Waals surface area (Å²) in [4.78, 5) is 31.1. The Kier molecular flexibility index (Phi) is 6.65.